The first-order valence-corrected chi connectivity index (χ1v) is 5.06. The van der Waals surface area contributed by atoms with Gasteiger partial charge in [0.15, 0.2) is 0 Å². The second-order valence-corrected chi connectivity index (χ2v) is 3.66. The van der Waals surface area contributed by atoms with E-state index in [2.05, 4.69) is 10.3 Å². The second-order valence-electron chi connectivity index (χ2n) is 3.66. The van der Waals surface area contributed by atoms with E-state index in [1.807, 2.05) is 24.4 Å². The largest absolute Gasteiger partial charge is 0.375 e. The van der Waals surface area contributed by atoms with E-state index >= 15 is 0 Å². The Kier molecular flexibility index (Phi) is 3.11. The third kappa shape index (κ3) is 1.94. The Bertz CT molecular complexity index is 270. The van der Waals surface area contributed by atoms with Crippen molar-refractivity contribution in [3.05, 3.63) is 30.1 Å². The van der Waals surface area contributed by atoms with Gasteiger partial charge in [-0.15, -0.1) is 0 Å². The molecule has 3 nitrogen and oxygen atoms in total. The first kappa shape index (κ1) is 9.62. The molecule has 76 valence electrons. The summed E-state index contributed by atoms with van der Waals surface area (Å²) in [4.78, 5) is 4.34. The van der Waals surface area contributed by atoms with Crippen molar-refractivity contribution < 1.29 is 4.74 Å². The Balaban J connectivity index is 2.12. The van der Waals surface area contributed by atoms with Crippen LogP contribution in [0.1, 0.15) is 18.2 Å². The van der Waals surface area contributed by atoms with Crippen LogP contribution < -0.4 is 5.32 Å². The van der Waals surface area contributed by atoms with E-state index in [-0.39, 0.29) is 6.10 Å². The molecule has 1 aliphatic rings. The highest BCUT2D eigenvalue weighted by Gasteiger charge is 2.26. The Morgan fingerprint density at radius 1 is 1.57 bits per heavy atom. The van der Waals surface area contributed by atoms with Crippen LogP contribution in [0.25, 0.3) is 0 Å². The van der Waals surface area contributed by atoms with Gasteiger partial charge in [0.2, 0.25) is 0 Å². The SMILES string of the molecule is COC(c1ccccn1)C1CCNC1. The molecule has 0 bridgehead atoms. The van der Waals surface area contributed by atoms with Gasteiger partial charge in [-0.2, -0.15) is 0 Å². The predicted octanol–water partition coefficient (Wildman–Crippen LogP) is 1.38. The highest BCUT2D eigenvalue weighted by atomic mass is 16.5. The molecule has 3 heteroatoms. The molecule has 1 fully saturated rings. The molecule has 1 N–H and O–H groups in total. The lowest BCUT2D eigenvalue weighted by Crippen LogP contribution is -2.18. The summed E-state index contributed by atoms with van der Waals surface area (Å²) in [5.74, 6) is 0.565. The van der Waals surface area contributed by atoms with Crippen molar-refractivity contribution in [3.63, 3.8) is 0 Å². The maximum atomic E-state index is 5.52. The molecule has 2 rings (SSSR count). The molecule has 14 heavy (non-hydrogen) atoms. The van der Waals surface area contributed by atoms with Gasteiger partial charge in [-0.1, -0.05) is 6.07 Å². The van der Waals surface area contributed by atoms with Crippen molar-refractivity contribution >= 4 is 0 Å². The van der Waals surface area contributed by atoms with Gasteiger partial charge in [0.1, 0.15) is 6.10 Å². The van der Waals surface area contributed by atoms with E-state index < -0.39 is 0 Å². The summed E-state index contributed by atoms with van der Waals surface area (Å²) >= 11 is 0. The number of nitrogens with zero attached hydrogens (tertiary/aromatic N) is 1. The maximum Gasteiger partial charge on any atom is 0.103 e. The summed E-state index contributed by atoms with van der Waals surface area (Å²) in [7, 11) is 1.76. The fourth-order valence-electron chi connectivity index (χ4n) is 2.03. The van der Waals surface area contributed by atoms with Crippen molar-refractivity contribution in [1.82, 2.24) is 10.3 Å². The molecular weight excluding hydrogens is 176 g/mol. The summed E-state index contributed by atoms with van der Waals surface area (Å²) in [5, 5.41) is 3.35. The third-order valence-electron chi connectivity index (χ3n) is 2.76. The minimum atomic E-state index is 0.145. The lowest BCUT2D eigenvalue weighted by Gasteiger charge is -2.20. The van der Waals surface area contributed by atoms with Crippen LogP contribution in [0.3, 0.4) is 0 Å². The van der Waals surface area contributed by atoms with E-state index in [9.17, 15) is 0 Å². The Hall–Kier alpha value is -0.930. The van der Waals surface area contributed by atoms with Gasteiger partial charge >= 0.3 is 0 Å². The molecular formula is C11H16N2O. The van der Waals surface area contributed by atoms with Crippen molar-refractivity contribution in [1.29, 1.82) is 0 Å². The molecule has 1 aliphatic heterocycles. The normalized spacial score (nSPS) is 23.6. The minimum absolute atomic E-state index is 0.145. The number of aromatic nitrogens is 1. The van der Waals surface area contributed by atoms with E-state index in [0.717, 1.165) is 18.8 Å². The van der Waals surface area contributed by atoms with Crippen LogP contribution in [0.2, 0.25) is 0 Å². The average Bonchev–Trinajstić information content (AvgIpc) is 2.74. The van der Waals surface area contributed by atoms with E-state index in [4.69, 9.17) is 4.74 Å². The van der Waals surface area contributed by atoms with Gasteiger partial charge in [0.25, 0.3) is 0 Å². The molecule has 0 radical (unpaired) electrons. The second kappa shape index (κ2) is 4.53. The molecule has 1 aromatic rings. The molecule has 2 atom stereocenters. The molecule has 2 heterocycles. The number of hydrogen-bond acceptors (Lipinski definition) is 3. The Labute approximate surface area is 84.5 Å². The summed E-state index contributed by atoms with van der Waals surface area (Å²) < 4.78 is 5.52. The van der Waals surface area contributed by atoms with E-state index in [1.165, 1.54) is 6.42 Å². The summed E-state index contributed by atoms with van der Waals surface area (Å²) in [6.07, 6.45) is 3.14. The summed E-state index contributed by atoms with van der Waals surface area (Å²) in [6.45, 7) is 2.13. The van der Waals surface area contributed by atoms with Crippen molar-refractivity contribution in [3.8, 4) is 0 Å². The molecule has 0 saturated carbocycles. The first-order chi connectivity index (χ1) is 6.92. The van der Waals surface area contributed by atoms with Gasteiger partial charge in [-0.05, 0) is 25.1 Å². The zero-order valence-electron chi connectivity index (χ0n) is 8.44. The zero-order valence-corrected chi connectivity index (χ0v) is 8.44. The Morgan fingerprint density at radius 3 is 3.07 bits per heavy atom. The molecule has 1 saturated heterocycles. The van der Waals surface area contributed by atoms with Gasteiger partial charge in [0, 0.05) is 25.8 Å². The van der Waals surface area contributed by atoms with E-state index in [0.29, 0.717) is 5.92 Å². The molecule has 0 aliphatic carbocycles. The maximum absolute atomic E-state index is 5.52. The number of rotatable bonds is 3. The monoisotopic (exact) mass is 192 g/mol. The fraction of sp³-hybridized carbons (Fsp3) is 0.545. The Morgan fingerprint density at radius 2 is 2.50 bits per heavy atom. The van der Waals surface area contributed by atoms with Crippen molar-refractivity contribution in [2.24, 2.45) is 5.92 Å². The lowest BCUT2D eigenvalue weighted by atomic mass is 9.98. The number of hydrogen-bond donors (Lipinski definition) is 1. The van der Waals surface area contributed by atoms with Crippen LogP contribution in [0, 0.1) is 5.92 Å². The van der Waals surface area contributed by atoms with Crippen LogP contribution in [0.5, 0.6) is 0 Å². The van der Waals surface area contributed by atoms with Crippen molar-refractivity contribution in [2.45, 2.75) is 12.5 Å². The van der Waals surface area contributed by atoms with Crippen LogP contribution >= 0.6 is 0 Å². The quantitative estimate of drug-likeness (QED) is 0.785. The van der Waals surface area contributed by atoms with Crippen molar-refractivity contribution in [2.75, 3.05) is 20.2 Å². The molecule has 2 unspecified atom stereocenters. The predicted molar refractivity (Wildman–Crippen MR) is 55.0 cm³/mol. The topological polar surface area (TPSA) is 34.1 Å². The molecule has 0 amide bonds. The van der Waals surface area contributed by atoms with Crippen LogP contribution in [-0.2, 0) is 4.74 Å². The van der Waals surface area contributed by atoms with Gasteiger partial charge in [-0.25, -0.2) is 0 Å². The summed E-state index contributed by atoms with van der Waals surface area (Å²) in [6, 6.07) is 5.98. The average molecular weight is 192 g/mol. The minimum Gasteiger partial charge on any atom is -0.375 e. The van der Waals surface area contributed by atoms with Gasteiger partial charge in [-0.3, -0.25) is 4.98 Å². The number of pyridine rings is 1. The zero-order chi connectivity index (χ0) is 9.80. The van der Waals surface area contributed by atoms with Crippen LogP contribution in [0.4, 0.5) is 0 Å². The number of ether oxygens (including phenoxy) is 1. The van der Waals surface area contributed by atoms with Gasteiger partial charge in [0.05, 0.1) is 5.69 Å². The van der Waals surface area contributed by atoms with Crippen LogP contribution in [-0.4, -0.2) is 25.2 Å². The standard InChI is InChI=1S/C11H16N2O/c1-14-11(9-5-7-12-8-9)10-4-2-3-6-13-10/h2-4,6,9,11-12H,5,7-8H2,1H3. The van der Waals surface area contributed by atoms with Crippen LogP contribution in [0.15, 0.2) is 24.4 Å². The highest BCUT2D eigenvalue weighted by Crippen LogP contribution is 2.27. The van der Waals surface area contributed by atoms with Gasteiger partial charge < -0.3 is 10.1 Å². The van der Waals surface area contributed by atoms with E-state index in [1.54, 1.807) is 7.11 Å². The summed E-state index contributed by atoms with van der Waals surface area (Å²) in [5.41, 5.74) is 1.05. The molecule has 0 aromatic carbocycles. The number of methoxy groups -OCH3 is 1. The molecule has 1 aromatic heterocycles. The highest BCUT2D eigenvalue weighted by molar-refractivity contribution is 5.08. The number of nitrogens with one attached hydrogen (secondary N) is 1. The smallest absolute Gasteiger partial charge is 0.103 e. The first-order valence-electron chi connectivity index (χ1n) is 5.06. The molecule has 0 spiro atoms. The third-order valence-corrected chi connectivity index (χ3v) is 2.76. The fourth-order valence-corrected chi connectivity index (χ4v) is 2.03. The lowest BCUT2D eigenvalue weighted by molar-refractivity contribution is 0.0550.